The second kappa shape index (κ2) is 17.1. The molecule has 6 rings (SSSR count). The van der Waals surface area contributed by atoms with Crippen LogP contribution in [0.25, 0.3) is 55.5 Å². The Morgan fingerprint density at radius 2 is 1.02 bits per heavy atom. The summed E-state index contributed by atoms with van der Waals surface area (Å²) in [7, 11) is 7.19. The number of nitrogens with zero attached hydrogens (tertiary/aromatic N) is 2. The Hall–Kier alpha value is -6.17. The van der Waals surface area contributed by atoms with Crippen LogP contribution in [0.4, 0.5) is 0 Å². The van der Waals surface area contributed by atoms with Crippen molar-refractivity contribution in [2.45, 2.75) is 80.1 Å². The van der Waals surface area contributed by atoms with Crippen molar-refractivity contribution in [3.05, 3.63) is 80.9 Å². The van der Waals surface area contributed by atoms with Crippen LogP contribution in [-0.4, -0.2) is 73.4 Å². The second-order valence-electron chi connectivity index (χ2n) is 14.2. The molecule has 0 aliphatic carbocycles. The number of carbonyl (C=O) groups excluding carboxylic acids is 3. The van der Waals surface area contributed by atoms with Gasteiger partial charge in [0.2, 0.25) is 0 Å². The zero-order valence-corrected chi connectivity index (χ0v) is 35.3. The summed E-state index contributed by atoms with van der Waals surface area (Å²) < 4.78 is 27.4. The third-order valence-electron chi connectivity index (χ3n) is 11.3. The third kappa shape index (κ3) is 7.27. The van der Waals surface area contributed by atoms with E-state index in [1.165, 1.54) is 28.4 Å². The number of carbonyl (C=O) groups is 3. The number of allylic oxidation sites excluding steroid dienone is 4. The van der Waals surface area contributed by atoms with E-state index in [9.17, 15) is 14.4 Å². The molecular weight excluding hydrogens is 737 g/mol. The first-order chi connectivity index (χ1) is 27.9. The van der Waals surface area contributed by atoms with E-state index >= 15 is 0 Å². The van der Waals surface area contributed by atoms with Gasteiger partial charge in [0.1, 0.15) is 11.5 Å². The minimum atomic E-state index is -0.567. The molecule has 4 aromatic rings. The quantitative estimate of drug-likeness (QED) is 0.105. The third-order valence-corrected chi connectivity index (χ3v) is 11.3. The summed E-state index contributed by atoms with van der Waals surface area (Å²) in [6.45, 7) is 12.3. The first-order valence-electron chi connectivity index (χ1n) is 19.6. The van der Waals surface area contributed by atoms with Gasteiger partial charge in [-0.15, -0.1) is 0 Å². The highest BCUT2D eigenvalue weighted by Crippen LogP contribution is 2.49. The first-order valence-corrected chi connectivity index (χ1v) is 19.6. The molecule has 2 aliphatic heterocycles. The highest BCUT2D eigenvalue weighted by Gasteiger charge is 2.32. The molecule has 1 aromatic carbocycles. The Balaban J connectivity index is 1.96. The molecule has 0 spiro atoms. The van der Waals surface area contributed by atoms with Gasteiger partial charge < -0.3 is 33.7 Å². The summed E-state index contributed by atoms with van der Waals surface area (Å²) in [6.07, 6.45) is 2.66. The molecule has 5 heterocycles. The number of nitrogens with one attached hydrogen (secondary N) is 2. The first kappa shape index (κ1) is 41.5. The van der Waals surface area contributed by atoms with Crippen LogP contribution in [0, 0.1) is 13.8 Å². The lowest BCUT2D eigenvalue weighted by molar-refractivity contribution is -0.140. The van der Waals surface area contributed by atoms with Crippen LogP contribution in [0.3, 0.4) is 0 Å². The number of hydrogen-bond donors (Lipinski definition) is 2. The standard InChI is InChI=1S/C46H52N4O8/c1-12-26-28(14-3)44-43(42-32(46(53)58-11)16-25(54-7)17-39(42)55-8)45-29(15-4)27(13-2)36(50-45)21-34-24(6)31(19-41(52)57-10)38(48-34)22-37-30(18-40(51)56-9)23(5)33(47-37)20-35(26)49-44/h16-17,20-22,47-48H,12-15,18-19H2,1-11H3. The minimum Gasteiger partial charge on any atom is -0.497 e. The molecule has 0 radical (unpaired) electrons. The molecule has 0 unspecified atom stereocenters. The van der Waals surface area contributed by atoms with Crippen molar-refractivity contribution in [2.75, 3.05) is 35.5 Å². The lowest BCUT2D eigenvalue weighted by Crippen LogP contribution is -2.08. The lowest BCUT2D eigenvalue weighted by atomic mass is 9.88. The Kier molecular flexibility index (Phi) is 12.2. The SMILES string of the molecule is CCC1=C(CC)c2nc1cc1[nH]c(cc3[nH]c(cc4nc(c2-c2c(OC)cc(OC)cc2C(=O)OC)C(CC)=C4CC)c(C)c3CC(=O)OC)c(CC(=O)OC)c1C. The van der Waals surface area contributed by atoms with Crippen molar-refractivity contribution in [1.82, 2.24) is 19.9 Å². The second-order valence-corrected chi connectivity index (χ2v) is 14.2. The van der Waals surface area contributed by atoms with Gasteiger partial charge >= 0.3 is 17.9 Å². The molecule has 3 aromatic heterocycles. The predicted octanol–water partition coefficient (Wildman–Crippen LogP) is 9.30. The van der Waals surface area contributed by atoms with E-state index in [1.54, 1.807) is 19.2 Å². The van der Waals surface area contributed by atoms with Crippen molar-refractivity contribution in [3.8, 4) is 22.6 Å². The van der Waals surface area contributed by atoms with E-state index in [1.807, 2.05) is 32.0 Å². The number of rotatable bonds is 12. The molecular formula is C46H52N4O8. The summed E-state index contributed by atoms with van der Waals surface area (Å²) in [4.78, 5) is 57.6. The van der Waals surface area contributed by atoms with Gasteiger partial charge in [-0.05, 0) is 108 Å². The normalized spacial score (nSPS) is 12.5. The zero-order valence-electron chi connectivity index (χ0n) is 35.3. The van der Waals surface area contributed by atoms with Crippen LogP contribution in [0.5, 0.6) is 11.5 Å². The average molecular weight is 789 g/mol. The maximum absolute atomic E-state index is 13.8. The van der Waals surface area contributed by atoms with Crippen LogP contribution < -0.4 is 9.47 Å². The van der Waals surface area contributed by atoms with Crippen molar-refractivity contribution < 1.29 is 38.1 Å². The number of hydrogen-bond acceptors (Lipinski definition) is 10. The van der Waals surface area contributed by atoms with Gasteiger partial charge in [-0.1, -0.05) is 27.7 Å². The maximum atomic E-state index is 13.8. The van der Waals surface area contributed by atoms with E-state index < -0.39 is 5.97 Å². The van der Waals surface area contributed by atoms with Gasteiger partial charge in [-0.25, -0.2) is 14.8 Å². The summed E-state index contributed by atoms with van der Waals surface area (Å²) in [5, 5.41) is 0. The van der Waals surface area contributed by atoms with E-state index in [0.717, 1.165) is 67.0 Å². The average Bonchev–Trinajstić information content (AvgIpc) is 3.94. The van der Waals surface area contributed by atoms with E-state index in [-0.39, 0.29) is 30.3 Å². The molecule has 58 heavy (non-hydrogen) atoms. The molecule has 2 aliphatic rings. The molecule has 304 valence electrons. The molecule has 0 fully saturated rings. The fourth-order valence-corrected chi connectivity index (χ4v) is 8.25. The fourth-order valence-electron chi connectivity index (χ4n) is 8.25. The monoisotopic (exact) mass is 788 g/mol. The number of esters is 3. The molecule has 8 bridgehead atoms. The predicted molar refractivity (Wildman–Crippen MR) is 227 cm³/mol. The topological polar surface area (TPSA) is 155 Å². The summed E-state index contributed by atoms with van der Waals surface area (Å²) in [5.41, 5.74) is 14.4. The summed E-state index contributed by atoms with van der Waals surface area (Å²) >= 11 is 0. The molecule has 0 amide bonds. The fraction of sp³-hybridized carbons (Fsp3) is 0.370. The van der Waals surface area contributed by atoms with Crippen LogP contribution in [-0.2, 0) is 36.6 Å². The highest BCUT2D eigenvalue weighted by atomic mass is 16.5. The van der Waals surface area contributed by atoms with Crippen LogP contribution in [0.1, 0.15) is 109 Å². The number of aryl methyl sites for hydroxylation is 2. The molecule has 0 atom stereocenters. The van der Waals surface area contributed by atoms with Gasteiger partial charge in [-0.2, -0.15) is 0 Å². The number of benzene rings is 1. The zero-order chi connectivity index (χ0) is 42.0. The maximum Gasteiger partial charge on any atom is 0.338 e. The Morgan fingerprint density at radius 3 is 1.40 bits per heavy atom. The van der Waals surface area contributed by atoms with Gasteiger partial charge in [0, 0.05) is 39.3 Å². The number of aromatic amines is 2. The molecule has 0 saturated carbocycles. The van der Waals surface area contributed by atoms with Crippen molar-refractivity contribution in [1.29, 1.82) is 0 Å². The molecule has 0 saturated heterocycles. The molecule has 12 heteroatoms. The van der Waals surface area contributed by atoms with E-state index in [4.69, 9.17) is 33.7 Å². The summed E-state index contributed by atoms with van der Waals surface area (Å²) in [5.74, 6) is -0.512. The van der Waals surface area contributed by atoms with Crippen molar-refractivity contribution >= 4 is 62.3 Å². The van der Waals surface area contributed by atoms with E-state index in [2.05, 4.69) is 37.7 Å². The number of fused-ring (bicyclic) bond motifs is 8. The summed E-state index contributed by atoms with van der Waals surface area (Å²) in [6, 6.07) is 9.39. The van der Waals surface area contributed by atoms with Gasteiger partial charge in [0.25, 0.3) is 0 Å². The number of H-pyrrole nitrogens is 2. The van der Waals surface area contributed by atoms with E-state index in [0.29, 0.717) is 70.7 Å². The van der Waals surface area contributed by atoms with Crippen LogP contribution in [0.2, 0.25) is 0 Å². The van der Waals surface area contributed by atoms with Gasteiger partial charge in [-0.3, -0.25) is 9.59 Å². The minimum absolute atomic E-state index is 0.0229. The smallest absolute Gasteiger partial charge is 0.338 e. The highest BCUT2D eigenvalue weighted by molar-refractivity contribution is 6.08. The molecule has 2 N–H and O–H groups in total. The van der Waals surface area contributed by atoms with Gasteiger partial charge in [0.05, 0.1) is 76.7 Å². The largest absolute Gasteiger partial charge is 0.497 e. The number of aromatic nitrogens is 4. The molecule has 12 nitrogen and oxygen atoms in total. The Morgan fingerprint density at radius 1 is 0.552 bits per heavy atom. The lowest BCUT2D eigenvalue weighted by Gasteiger charge is -2.19. The van der Waals surface area contributed by atoms with Gasteiger partial charge in [0.15, 0.2) is 0 Å². The number of ether oxygens (including phenoxy) is 5. The van der Waals surface area contributed by atoms with Crippen LogP contribution in [0.15, 0.2) is 30.3 Å². The van der Waals surface area contributed by atoms with Crippen LogP contribution >= 0.6 is 0 Å². The Bertz CT molecular complexity index is 2440. The van der Waals surface area contributed by atoms with Crippen molar-refractivity contribution in [2.24, 2.45) is 0 Å². The Labute approximate surface area is 338 Å². The van der Waals surface area contributed by atoms with Crippen molar-refractivity contribution in [3.63, 3.8) is 0 Å². The number of methoxy groups -OCH3 is 5.